The Kier molecular flexibility index (Phi) is 5.46. The lowest BCUT2D eigenvalue weighted by Crippen LogP contribution is -2.30. The summed E-state index contributed by atoms with van der Waals surface area (Å²) in [6, 6.07) is 13.0. The monoisotopic (exact) mass is 417 g/mol. The summed E-state index contributed by atoms with van der Waals surface area (Å²) in [6.07, 6.45) is -0.299. The Balaban J connectivity index is 1.93. The second-order valence-electron chi connectivity index (χ2n) is 5.91. The standard InChI is InChI=1S/C19H16BrFN2O3/c20-13-7-5-12(6-8-13)16-11-17(14-3-1-2-4-15(14)21)23(22-16)18(24)9-10-19(25)26/h1-8,17H,9-11H2,(H,25,26)/p-1. The van der Waals surface area contributed by atoms with E-state index in [1.165, 1.54) is 11.1 Å². The highest BCUT2D eigenvalue weighted by molar-refractivity contribution is 9.10. The lowest BCUT2D eigenvalue weighted by molar-refractivity contribution is -0.305. The zero-order valence-electron chi connectivity index (χ0n) is 13.7. The fourth-order valence-corrected chi connectivity index (χ4v) is 3.13. The number of nitrogens with zero attached hydrogens (tertiary/aromatic N) is 2. The summed E-state index contributed by atoms with van der Waals surface area (Å²) >= 11 is 3.37. The van der Waals surface area contributed by atoms with Gasteiger partial charge in [-0.3, -0.25) is 4.79 Å². The van der Waals surface area contributed by atoms with Crippen LogP contribution in [0.15, 0.2) is 58.1 Å². The van der Waals surface area contributed by atoms with Gasteiger partial charge < -0.3 is 9.90 Å². The maximum atomic E-state index is 14.3. The third-order valence-corrected chi connectivity index (χ3v) is 4.68. The fraction of sp³-hybridized carbons (Fsp3) is 0.211. The lowest BCUT2D eigenvalue weighted by atomic mass is 9.98. The molecule has 1 atom stereocenters. The molecule has 5 nitrogen and oxygen atoms in total. The highest BCUT2D eigenvalue weighted by atomic mass is 79.9. The van der Waals surface area contributed by atoms with Crippen LogP contribution < -0.4 is 5.11 Å². The Morgan fingerprint density at radius 1 is 1.15 bits per heavy atom. The van der Waals surface area contributed by atoms with Crippen LogP contribution in [0.4, 0.5) is 4.39 Å². The maximum absolute atomic E-state index is 14.3. The first kappa shape index (κ1) is 18.3. The molecule has 0 N–H and O–H groups in total. The molecule has 1 unspecified atom stereocenters. The van der Waals surface area contributed by atoms with Crippen LogP contribution in [-0.2, 0) is 9.59 Å². The summed E-state index contributed by atoms with van der Waals surface area (Å²) in [5.74, 6) is -2.21. The molecule has 1 amide bonds. The third-order valence-electron chi connectivity index (χ3n) is 4.15. The predicted molar refractivity (Wildman–Crippen MR) is 95.5 cm³/mol. The summed E-state index contributed by atoms with van der Waals surface area (Å²) in [6.45, 7) is 0. The van der Waals surface area contributed by atoms with Crippen molar-refractivity contribution < 1.29 is 19.1 Å². The molecule has 2 aromatic rings. The van der Waals surface area contributed by atoms with Crippen LogP contribution in [0.3, 0.4) is 0 Å². The molecule has 0 saturated carbocycles. The molecule has 0 aromatic heterocycles. The van der Waals surface area contributed by atoms with Gasteiger partial charge in [-0.2, -0.15) is 5.10 Å². The van der Waals surface area contributed by atoms with E-state index in [0.717, 1.165) is 10.0 Å². The number of benzene rings is 2. The molecule has 1 aliphatic heterocycles. The molecular weight excluding hydrogens is 403 g/mol. The Morgan fingerprint density at radius 3 is 2.50 bits per heavy atom. The molecule has 0 spiro atoms. The minimum atomic E-state index is -1.31. The SMILES string of the molecule is O=C([O-])CCC(=O)N1N=C(c2ccc(Br)cc2)CC1c1ccccc1F. The average molecular weight is 418 g/mol. The molecule has 26 heavy (non-hydrogen) atoms. The Morgan fingerprint density at radius 2 is 1.85 bits per heavy atom. The van der Waals surface area contributed by atoms with Gasteiger partial charge in [0.1, 0.15) is 5.82 Å². The molecule has 0 radical (unpaired) electrons. The van der Waals surface area contributed by atoms with Crippen molar-refractivity contribution in [2.24, 2.45) is 5.10 Å². The van der Waals surface area contributed by atoms with Crippen LogP contribution in [-0.4, -0.2) is 22.6 Å². The summed E-state index contributed by atoms with van der Waals surface area (Å²) in [5, 5.41) is 16.2. The molecule has 0 saturated heterocycles. The van der Waals surface area contributed by atoms with Gasteiger partial charge >= 0.3 is 0 Å². The fourth-order valence-electron chi connectivity index (χ4n) is 2.87. The highest BCUT2D eigenvalue weighted by Crippen LogP contribution is 2.34. The average Bonchev–Trinajstić information content (AvgIpc) is 3.06. The van der Waals surface area contributed by atoms with Crippen LogP contribution in [0.1, 0.15) is 36.4 Å². The van der Waals surface area contributed by atoms with Crippen molar-refractivity contribution in [3.63, 3.8) is 0 Å². The van der Waals surface area contributed by atoms with Crippen LogP contribution >= 0.6 is 15.9 Å². The molecule has 134 valence electrons. The number of rotatable bonds is 5. The number of hydrogen-bond donors (Lipinski definition) is 0. The zero-order chi connectivity index (χ0) is 18.7. The predicted octanol–water partition coefficient (Wildman–Crippen LogP) is 2.80. The molecule has 2 aromatic carbocycles. The molecule has 0 fully saturated rings. The number of carboxylic acids is 1. The van der Waals surface area contributed by atoms with Gasteiger partial charge in [-0.25, -0.2) is 9.40 Å². The van der Waals surface area contributed by atoms with Crippen molar-refractivity contribution in [2.75, 3.05) is 0 Å². The first-order chi connectivity index (χ1) is 12.5. The second-order valence-corrected chi connectivity index (χ2v) is 6.82. The molecule has 1 heterocycles. The summed E-state index contributed by atoms with van der Waals surface area (Å²) in [4.78, 5) is 23.1. The van der Waals surface area contributed by atoms with Crippen molar-refractivity contribution in [1.29, 1.82) is 0 Å². The van der Waals surface area contributed by atoms with E-state index in [-0.39, 0.29) is 6.42 Å². The van der Waals surface area contributed by atoms with E-state index in [1.807, 2.05) is 24.3 Å². The first-order valence-electron chi connectivity index (χ1n) is 8.05. The number of aliphatic carboxylic acids is 1. The normalized spacial score (nSPS) is 16.5. The van der Waals surface area contributed by atoms with Gasteiger partial charge in [0.2, 0.25) is 5.91 Å². The van der Waals surface area contributed by atoms with Gasteiger partial charge in [0.25, 0.3) is 0 Å². The van der Waals surface area contributed by atoms with Crippen molar-refractivity contribution in [3.05, 3.63) is 69.9 Å². The van der Waals surface area contributed by atoms with Crippen LogP contribution in [0.25, 0.3) is 0 Å². The quantitative estimate of drug-likeness (QED) is 0.750. The maximum Gasteiger partial charge on any atom is 0.243 e. The van der Waals surface area contributed by atoms with Gasteiger partial charge in [0.05, 0.1) is 11.8 Å². The van der Waals surface area contributed by atoms with Crippen molar-refractivity contribution in [1.82, 2.24) is 5.01 Å². The number of carboxylic acid groups (broad SMARTS) is 1. The molecule has 1 aliphatic rings. The minimum absolute atomic E-state index is 0.246. The smallest absolute Gasteiger partial charge is 0.243 e. The van der Waals surface area contributed by atoms with E-state index < -0.39 is 30.2 Å². The largest absolute Gasteiger partial charge is 0.550 e. The van der Waals surface area contributed by atoms with Crippen LogP contribution in [0.2, 0.25) is 0 Å². The zero-order valence-corrected chi connectivity index (χ0v) is 15.3. The Bertz CT molecular complexity index is 867. The second kappa shape index (κ2) is 7.78. The van der Waals surface area contributed by atoms with E-state index in [0.29, 0.717) is 17.7 Å². The van der Waals surface area contributed by atoms with Crippen molar-refractivity contribution in [3.8, 4) is 0 Å². The topological polar surface area (TPSA) is 72.8 Å². The van der Waals surface area contributed by atoms with E-state index in [4.69, 9.17) is 0 Å². The first-order valence-corrected chi connectivity index (χ1v) is 8.85. The molecule has 3 rings (SSSR count). The molecule has 0 aliphatic carbocycles. The number of halogens is 2. The lowest BCUT2D eigenvalue weighted by Gasteiger charge is -2.22. The number of carbonyl (C=O) groups excluding carboxylic acids is 2. The summed E-state index contributed by atoms with van der Waals surface area (Å²) in [7, 11) is 0. The molecule has 7 heteroatoms. The van der Waals surface area contributed by atoms with Crippen molar-refractivity contribution >= 4 is 33.5 Å². The van der Waals surface area contributed by atoms with E-state index in [2.05, 4.69) is 21.0 Å². The molecular formula is C19H15BrFN2O3-. The van der Waals surface area contributed by atoms with Gasteiger partial charge in [-0.15, -0.1) is 0 Å². The Hall–Kier alpha value is -2.54. The van der Waals surface area contributed by atoms with Crippen LogP contribution in [0, 0.1) is 5.82 Å². The number of amides is 1. The molecule has 0 bridgehead atoms. The minimum Gasteiger partial charge on any atom is -0.550 e. The van der Waals surface area contributed by atoms with Gasteiger partial charge in [-0.1, -0.05) is 46.3 Å². The summed E-state index contributed by atoms with van der Waals surface area (Å²) < 4.78 is 15.2. The Labute approximate surface area is 158 Å². The van der Waals surface area contributed by atoms with Gasteiger partial charge in [0, 0.05) is 28.8 Å². The van der Waals surface area contributed by atoms with E-state index in [1.54, 1.807) is 18.2 Å². The number of hydrazone groups is 1. The van der Waals surface area contributed by atoms with Crippen LogP contribution in [0.5, 0.6) is 0 Å². The highest BCUT2D eigenvalue weighted by Gasteiger charge is 2.34. The third kappa shape index (κ3) is 3.99. The van der Waals surface area contributed by atoms with Gasteiger partial charge in [-0.05, 0) is 30.2 Å². The van der Waals surface area contributed by atoms with E-state index in [9.17, 15) is 19.1 Å². The van der Waals surface area contributed by atoms with Crippen molar-refractivity contribution in [2.45, 2.75) is 25.3 Å². The van der Waals surface area contributed by atoms with E-state index >= 15 is 0 Å². The summed E-state index contributed by atoms with van der Waals surface area (Å²) in [5.41, 5.74) is 1.82. The number of carbonyl (C=O) groups is 2. The number of hydrogen-bond acceptors (Lipinski definition) is 4. The van der Waals surface area contributed by atoms with Gasteiger partial charge in [0.15, 0.2) is 0 Å².